The van der Waals surface area contributed by atoms with E-state index in [0.29, 0.717) is 6.61 Å². The van der Waals surface area contributed by atoms with E-state index in [1.54, 1.807) is 20.8 Å². The second-order valence-corrected chi connectivity index (χ2v) is 8.49. The van der Waals surface area contributed by atoms with Crippen molar-refractivity contribution < 1.29 is 9.53 Å². The Bertz CT molecular complexity index is 467. The van der Waals surface area contributed by atoms with Gasteiger partial charge in [0.15, 0.2) is 5.78 Å². The molecule has 0 spiro atoms. The van der Waals surface area contributed by atoms with Crippen molar-refractivity contribution in [2.45, 2.75) is 56.5 Å². The maximum absolute atomic E-state index is 12.8. The number of ether oxygens (including phenoxy) is 1. The second kappa shape index (κ2) is 7.95. The molecule has 0 N–H and O–H groups in total. The molecule has 0 aromatic carbocycles. The van der Waals surface area contributed by atoms with Crippen LogP contribution >= 0.6 is 34.8 Å². The third-order valence-electron chi connectivity index (χ3n) is 3.13. The van der Waals surface area contributed by atoms with Gasteiger partial charge in [-0.1, -0.05) is 68.9 Å². The summed E-state index contributed by atoms with van der Waals surface area (Å²) in [5, 5.41) is 4.04. The molecule has 0 aliphatic carbocycles. The standard InChI is InChI=1S/C14H22Cl3N3O2/c1-5-6-7-22-12(14(15,16)17)10(11(21)13(2,3)4)20-9-18-8-19-20/h8-10,12H,5-7H2,1-4H3. The highest BCUT2D eigenvalue weighted by Crippen LogP contribution is 2.40. The minimum atomic E-state index is -1.76. The first-order valence-corrected chi connectivity index (χ1v) is 8.29. The summed E-state index contributed by atoms with van der Waals surface area (Å²) in [7, 11) is 0. The number of hydrogen-bond donors (Lipinski definition) is 0. The van der Waals surface area contributed by atoms with Gasteiger partial charge in [-0.2, -0.15) is 5.10 Å². The number of halogens is 3. The van der Waals surface area contributed by atoms with Crippen LogP contribution < -0.4 is 0 Å². The maximum atomic E-state index is 12.8. The van der Waals surface area contributed by atoms with E-state index in [0.717, 1.165) is 12.8 Å². The fourth-order valence-electron chi connectivity index (χ4n) is 1.92. The molecule has 22 heavy (non-hydrogen) atoms. The summed E-state index contributed by atoms with van der Waals surface area (Å²) in [4.78, 5) is 16.7. The predicted octanol–water partition coefficient (Wildman–Crippen LogP) is 3.99. The Morgan fingerprint density at radius 3 is 2.36 bits per heavy atom. The zero-order valence-electron chi connectivity index (χ0n) is 13.2. The van der Waals surface area contributed by atoms with Crippen LogP contribution in [0.1, 0.15) is 46.6 Å². The van der Waals surface area contributed by atoms with E-state index in [9.17, 15) is 4.79 Å². The summed E-state index contributed by atoms with van der Waals surface area (Å²) in [5.41, 5.74) is -0.640. The van der Waals surface area contributed by atoms with Crippen LogP contribution in [0.5, 0.6) is 0 Å². The summed E-state index contributed by atoms with van der Waals surface area (Å²) in [5.74, 6) is -0.133. The lowest BCUT2D eigenvalue weighted by Crippen LogP contribution is -2.45. The van der Waals surface area contributed by atoms with Crippen LogP contribution in [0.2, 0.25) is 0 Å². The number of rotatable bonds is 7. The molecule has 1 heterocycles. The van der Waals surface area contributed by atoms with E-state index >= 15 is 0 Å². The van der Waals surface area contributed by atoms with Crippen molar-refractivity contribution in [2.24, 2.45) is 5.41 Å². The number of unbranched alkanes of at least 4 members (excludes halogenated alkanes) is 1. The lowest BCUT2D eigenvalue weighted by molar-refractivity contribution is -0.135. The minimum Gasteiger partial charge on any atom is -0.371 e. The number of Topliss-reactive ketones (excluding diaryl/α,β-unsaturated/α-hetero) is 1. The van der Waals surface area contributed by atoms with E-state index in [2.05, 4.69) is 10.1 Å². The molecule has 0 aliphatic rings. The Kier molecular flexibility index (Phi) is 7.12. The second-order valence-electron chi connectivity index (χ2n) is 6.12. The molecular formula is C14H22Cl3N3O2. The molecule has 0 saturated heterocycles. The van der Waals surface area contributed by atoms with Crippen LogP contribution in [-0.4, -0.2) is 37.1 Å². The number of aromatic nitrogens is 3. The quantitative estimate of drug-likeness (QED) is 0.538. The summed E-state index contributed by atoms with van der Waals surface area (Å²) < 4.78 is 5.38. The molecule has 5 nitrogen and oxygen atoms in total. The third kappa shape index (κ3) is 5.37. The first-order chi connectivity index (χ1) is 10.1. The fourth-order valence-corrected chi connectivity index (χ4v) is 2.47. The van der Waals surface area contributed by atoms with E-state index < -0.39 is 21.4 Å². The van der Waals surface area contributed by atoms with E-state index in [4.69, 9.17) is 39.5 Å². The van der Waals surface area contributed by atoms with Gasteiger partial charge in [0, 0.05) is 12.0 Å². The number of carbonyl (C=O) groups is 1. The number of nitrogens with zero attached hydrogens (tertiary/aromatic N) is 3. The Hall–Kier alpha value is -0.360. The number of carbonyl (C=O) groups excluding carboxylic acids is 1. The lowest BCUT2D eigenvalue weighted by atomic mass is 9.84. The molecule has 8 heteroatoms. The smallest absolute Gasteiger partial charge is 0.218 e. The van der Waals surface area contributed by atoms with Crippen LogP contribution in [0, 0.1) is 5.41 Å². The van der Waals surface area contributed by atoms with Gasteiger partial charge in [-0.05, 0) is 6.42 Å². The van der Waals surface area contributed by atoms with E-state index in [-0.39, 0.29) is 5.78 Å². The molecule has 2 unspecified atom stereocenters. The highest BCUT2D eigenvalue weighted by Gasteiger charge is 2.47. The van der Waals surface area contributed by atoms with Crippen LogP contribution in [0.25, 0.3) is 0 Å². The van der Waals surface area contributed by atoms with Gasteiger partial charge in [-0.25, -0.2) is 9.67 Å². The Balaban J connectivity index is 3.17. The minimum absolute atomic E-state index is 0.133. The van der Waals surface area contributed by atoms with Gasteiger partial charge in [0.2, 0.25) is 3.79 Å². The predicted molar refractivity (Wildman–Crippen MR) is 88.5 cm³/mol. The zero-order chi connectivity index (χ0) is 17.0. The molecule has 1 aromatic rings. The van der Waals surface area contributed by atoms with E-state index in [1.165, 1.54) is 17.3 Å². The van der Waals surface area contributed by atoms with Gasteiger partial charge in [0.05, 0.1) is 0 Å². The van der Waals surface area contributed by atoms with Crippen molar-refractivity contribution in [1.82, 2.24) is 14.8 Å². The molecule has 126 valence electrons. The molecule has 0 saturated carbocycles. The molecule has 0 amide bonds. The van der Waals surface area contributed by atoms with Crippen molar-refractivity contribution in [1.29, 1.82) is 0 Å². The number of ketones is 1. The monoisotopic (exact) mass is 369 g/mol. The fraction of sp³-hybridized carbons (Fsp3) is 0.786. The molecule has 0 bridgehead atoms. The van der Waals surface area contributed by atoms with Gasteiger partial charge in [-0.3, -0.25) is 4.79 Å². The van der Waals surface area contributed by atoms with Crippen LogP contribution in [0.4, 0.5) is 0 Å². The van der Waals surface area contributed by atoms with Gasteiger partial charge in [-0.15, -0.1) is 0 Å². The van der Waals surface area contributed by atoms with Crippen molar-refractivity contribution in [3.63, 3.8) is 0 Å². The molecule has 0 radical (unpaired) electrons. The zero-order valence-corrected chi connectivity index (χ0v) is 15.5. The maximum Gasteiger partial charge on any atom is 0.218 e. The van der Waals surface area contributed by atoms with E-state index in [1.807, 2.05) is 6.92 Å². The molecule has 1 aromatic heterocycles. The normalized spacial score (nSPS) is 15.6. The summed E-state index contributed by atoms with van der Waals surface area (Å²) >= 11 is 18.2. The lowest BCUT2D eigenvalue weighted by Gasteiger charge is -2.34. The SMILES string of the molecule is CCCCOC(C(C(=O)C(C)(C)C)n1cncn1)C(Cl)(Cl)Cl. The van der Waals surface area contributed by atoms with Crippen molar-refractivity contribution in [2.75, 3.05) is 6.61 Å². The van der Waals surface area contributed by atoms with Crippen LogP contribution in [-0.2, 0) is 9.53 Å². The van der Waals surface area contributed by atoms with Gasteiger partial charge in [0.1, 0.15) is 24.8 Å². The van der Waals surface area contributed by atoms with Crippen LogP contribution in [0.15, 0.2) is 12.7 Å². The molecule has 1 rings (SSSR count). The van der Waals surface area contributed by atoms with Gasteiger partial charge in [0.25, 0.3) is 0 Å². The third-order valence-corrected chi connectivity index (χ3v) is 3.78. The average Bonchev–Trinajstić information content (AvgIpc) is 2.88. The first kappa shape index (κ1) is 19.7. The average molecular weight is 371 g/mol. The first-order valence-electron chi connectivity index (χ1n) is 7.15. The van der Waals surface area contributed by atoms with Gasteiger partial charge < -0.3 is 4.74 Å². The topological polar surface area (TPSA) is 57.0 Å². The molecule has 2 atom stereocenters. The Labute approximate surface area is 146 Å². The Morgan fingerprint density at radius 1 is 1.32 bits per heavy atom. The Morgan fingerprint density at radius 2 is 1.95 bits per heavy atom. The largest absolute Gasteiger partial charge is 0.371 e. The molecule has 0 fully saturated rings. The van der Waals surface area contributed by atoms with Crippen LogP contribution in [0.3, 0.4) is 0 Å². The summed E-state index contributed by atoms with van der Waals surface area (Å²) in [6.07, 6.45) is 3.57. The number of alkyl halides is 3. The highest BCUT2D eigenvalue weighted by molar-refractivity contribution is 6.68. The molecular weight excluding hydrogens is 349 g/mol. The van der Waals surface area contributed by atoms with Crippen molar-refractivity contribution >= 4 is 40.6 Å². The van der Waals surface area contributed by atoms with Gasteiger partial charge >= 0.3 is 0 Å². The molecule has 0 aliphatic heterocycles. The van der Waals surface area contributed by atoms with Crippen molar-refractivity contribution in [3.8, 4) is 0 Å². The summed E-state index contributed by atoms with van der Waals surface area (Å²) in [6, 6.07) is -0.855. The number of hydrogen-bond acceptors (Lipinski definition) is 4. The summed E-state index contributed by atoms with van der Waals surface area (Å²) in [6.45, 7) is 7.85. The van der Waals surface area contributed by atoms with Crippen molar-refractivity contribution in [3.05, 3.63) is 12.7 Å². The highest BCUT2D eigenvalue weighted by atomic mass is 35.6.